The van der Waals surface area contributed by atoms with E-state index >= 15 is 0 Å². The summed E-state index contributed by atoms with van der Waals surface area (Å²) in [6.07, 6.45) is 8.25. The molecule has 4 rings (SSSR count). The third kappa shape index (κ3) is 2.84. The average Bonchev–Trinajstić information content (AvgIpc) is 3.02. The number of aryl methyl sites for hydroxylation is 2. The van der Waals surface area contributed by atoms with Crippen LogP contribution in [0.2, 0.25) is 0 Å². The van der Waals surface area contributed by atoms with Crippen LogP contribution in [0.4, 0.5) is 11.5 Å². The molecular weight excluding hydrogens is 300 g/mol. The Balaban J connectivity index is 1.66. The average molecular weight is 318 g/mol. The summed E-state index contributed by atoms with van der Waals surface area (Å²) in [5, 5.41) is 13.2. The molecule has 0 saturated heterocycles. The number of hydrogen-bond acceptors (Lipinski definition) is 4. The summed E-state index contributed by atoms with van der Waals surface area (Å²) < 4.78 is 0. The normalized spacial score (nSPS) is 13.2. The molecule has 0 radical (unpaired) electrons. The molecule has 0 saturated carbocycles. The Morgan fingerprint density at radius 3 is 3.08 bits per heavy atom. The van der Waals surface area contributed by atoms with E-state index in [9.17, 15) is 0 Å². The molecule has 0 bridgehead atoms. The van der Waals surface area contributed by atoms with E-state index in [0.717, 1.165) is 40.9 Å². The fourth-order valence-corrected chi connectivity index (χ4v) is 3.11. The number of aliphatic hydroxyl groups is 1. The van der Waals surface area contributed by atoms with Crippen molar-refractivity contribution in [3.05, 3.63) is 47.4 Å². The van der Waals surface area contributed by atoms with Crippen molar-refractivity contribution in [2.75, 3.05) is 11.9 Å². The Bertz CT molecular complexity index is 949. The van der Waals surface area contributed by atoms with Crippen molar-refractivity contribution in [3.63, 3.8) is 0 Å². The van der Waals surface area contributed by atoms with Crippen LogP contribution in [0.5, 0.6) is 0 Å². The molecule has 120 valence electrons. The quantitative estimate of drug-likeness (QED) is 0.635. The van der Waals surface area contributed by atoms with E-state index in [-0.39, 0.29) is 6.61 Å². The van der Waals surface area contributed by atoms with Crippen molar-refractivity contribution in [2.45, 2.75) is 25.7 Å². The Morgan fingerprint density at radius 1 is 1.25 bits per heavy atom. The predicted molar refractivity (Wildman–Crippen MR) is 94.2 cm³/mol. The summed E-state index contributed by atoms with van der Waals surface area (Å²) in [5.41, 5.74) is 5.07. The summed E-state index contributed by atoms with van der Waals surface area (Å²) in [7, 11) is 0. The first-order chi connectivity index (χ1) is 11.8. The third-order valence-corrected chi connectivity index (χ3v) is 4.28. The van der Waals surface area contributed by atoms with Gasteiger partial charge in [-0.1, -0.05) is 17.9 Å². The van der Waals surface area contributed by atoms with Crippen LogP contribution < -0.4 is 5.32 Å². The van der Waals surface area contributed by atoms with Gasteiger partial charge in [-0.05, 0) is 43.4 Å². The fraction of sp³-hybridized carbons (Fsp3) is 0.263. The zero-order valence-corrected chi connectivity index (χ0v) is 13.3. The number of H-pyrrole nitrogens is 1. The van der Waals surface area contributed by atoms with Crippen molar-refractivity contribution in [3.8, 4) is 11.8 Å². The van der Waals surface area contributed by atoms with E-state index < -0.39 is 0 Å². The second kappa shape index (κ2) is 6.34. The predicted octanol–water partition coefficient (Wildman–Crippen LogP) is 2.92. The van der Waals surface area contributed by atoms with Gasteiger partial charge in [0.2, 0.25) is 0 Å². The fourth-order valence-electron chi connectivity index (χ4n) is 3.11. The zero-order valence-electron chi connectivity index (χ0n) is 13.3. The standard InChI is InChI=1S/C19H18N4O/c24-9-3-4-13-10-15-17(12-21-19(15)20-11-13)23-18-8-7-14-5-1-2-6-16(14)22-18/h7-8,10-12,24H,1-2,5-6,9H2,(H,20,21)(H,22,23). The molecule has 0 amide bonds. The van der Waals surface area contributed by atoms with E-state index in [0.29, 0.717) is 0 Å². The molecule has 0 unspecified atom stereocenters. The molecule has 5 heteroatoms. The minimum absolute atomic E-state index is 0.157. The Labute approximate surface area is 140 Å². The van der Waals surface area contributed by atoms with Gasteiger partial charge in [0.25, 0.3) is 0 Å². The summed E-state index contributed by atoms with van der Waals surface area (Å²) in [6, 6.07) is 6.17. The number of nitrogens with one attached hydrogen (secondary N) is 2. The van der Waals surface area contributed by atoms with Crippen LogP contribution in [0.3, 0.4) is 0 Å². The van der Waals surface area contributed by atoms with Gasteiger partial charge in [0.05, 0.1) is 5.69 Å². The molecule has 3 heterocycles. The van der Waals surface area contributed by atoms with Gasteiger partial charge in [-0.2, -0.15) is 0 Å². The number of fused-ring (bicyclic) bond motifs is 2. The molecule has 5 nitrogen and oxygen atoms in total. The lowest BCUT2D eigenvalue weighted by atomic mass is 9.96. The van der Waals surface area contributed by atoms with Crippen molar-refractivity contribution in [2.24, 2.45) is 0 Å². The topological polar surface area (TPSA) is 73.8 Å². The highest BCUT2D eigenvalue weighted by Gasteiger charge is 2.12. The number of aliphatic hydroxyl groups excluding tert-OH is 1. The van der Waals surface area contributed by atoms with Gasteiger partial charge in [0.15, 0.2) is 0 Å². The van der Waals surface area contributed by atoms with Crippen molar-refractivity contribution in [1.29, 1.82) is 0 Å². The minimum Gasteiger partial charge on any atom is -0.384 e. The van der Waals surface area contributed by atoms with Gasteiger partial charge < -0.3 is 15.4 Å². The number of hydrogen-bond donors (Lipinski definition) is 3. The van der Waals surface area contributed by atoms with E-state index in [1.165, 1.54) is 24.1 Å². The van der Waals surface area contributed by atoms with E-state index in [1.54, 1.807) is 6.20 Å². The van der Waals surface area contributed by atoms with Crippen LogP contribution in [0.15, 0.2) is 30.6 Å². The SMILES string of the molecule is OCC#Cc1cnc2[nH]cc(Nc3ccc4c(n3)CCCC4)c2c1. The number of pyridine rings is 2. The summed E-state index contributed by atoms with van der Waals surface area (Å²) in [6.45, 7) is -0.157. The van der Waals surface area contributed by atoms with Gasteiger partial charge >= 0.3 is 0 Å². The largest absolute Gasteiger partial charge is 0.384 e. The highest BCUT2D eigenvalue weighted by molar-refractivity contribution is 5.92. The molecule has 0 fully saturated rings. The van der Waals surface area contributed by atoms with Crippen LogP contribution in [0.25, 0.3) is 11.0 Å². The lowest BCUT2D eigenvalue weighted by Crippen LogP contribution is -2.06. The van der Waals surface area contributed by atoms with Gasteiger partial charge in [0.1, 0.15) is 18.1 Å². The molecule has 1 aliphatic carbocycles. The first-order valence-corrected chi connectivity index (χ1v) is 8.16. The van der Waals surface area contributed by atoms with E-state index in [4.69, 9.17) is 10.1 Å². The zero-order chi connectivity index (χ0) is 16.4. The van der Waals surface area contributed by atoms with Crippen molar-refractivity contribution >= 4 is 22.5 Å². The number of rotatable bonds is 2. The smallest absolute Gasteiger partial charge is 0.139 e. The van der Waals surface area contributed by atoms with Crippen LogP contribution >= 0.6 is 0 Å². The third-order valence-electron chi connectivity index (χ3n) is 4.28. The van der Waals surface area contributed by atoms with Gasteiger partial charge in [-0.3, -0.25) is 0 Å². The van der Waals surface area contributed by atoms with Crippen LogP contribution in [0.1, 0.15) is 29.7 Å². The Hall–Kier alpha value is -2.84. The number of nitrogens with zero attached hydrogens (tertiary/aromatic N) is 2. The summed E-state index contributed by atoms with van der Waals surface area (Å²) in [4.78, 5) is 12.3. The first kappa shape index (κ1) is 14.7. The molecule has 1 aliphatic rings. The van der Waals surface area contributed by atoms with Gasteiger partial charge in [0, 0.05) is 29.0 Å². The molecule has 24 heavy (non-hydrogen) atoms. The van der Waals surface area contributed by atoms with Crippen LogP contribution in [-0.2, 0) is 12.8 Å². The molecule has 0 spiro atoms. The molecule has 0 aromatic carbocycles. The van der Waals surface area contributed by atoms with E-state index in [1.807, 2.05) is 18.3 Å². The lowest BCUT2D eigenvalue weighted by molar-refractivity contribution is 0.350. The Kier molecular flexibility index (Phi) is 3.89. The maximum absolute atomic E-state index is 8.83. The van der Waals surface area contributed by atoms with Crippen molar-refractivity contribution < 1.29 is 5.11 Å². The molecule has 0 aliphatic heterocycles. The lowest BCUT2D eigenvalue weighted by Gasteiger charge is -2.15. The molecule has 3 N–H and O–H groups in total. The number of aromatic amines is 1. The maximum atomic E-state index is 8.83. The minimum atomic E-state index is -0.157. The Morgan fingerprint density at radius 2 is 2.17 bits per heavy atom. The molecular formula is C19H18N4O. The monoisotopic (exact) mass is 318 g/mol. The van der Waals surface area contributed by atoms with Gasteiger partial charge in [-0.25, -0.2) is 9.97 Å². The summed E-state index contributed by atoms with van der Waals surface area (Å²) >= 11 is 0. The van der Waals surface area contributed by atoms with Crippen LogP contribution in [0, 0.1) is 11.8 Å². The van der Waals surface area contributed by atoms with E-state index in [2.05, 4.69) is 33.2 Å². The first-order valence-electron chi connectivity index (χ1n) is 8.16. The highest BCUT2D eigenvalue weighted by Crippen LogP contribution is 2.27. The maximum Gasteiger partial charge on any atom is 0.139 e. The van der Waals surface area contributed by atoms with Crippen molar-refractivity contribution in [1.82, 2.24) is 15.0 Å². The van der Waals surface area contributed by atoms with Crippen LogP contribution in [-0.4, -0.2) is 26.7 Å². The number of aromatic nitrogens is 3. The molecule has 3 aromatic heterocycles. The molecule has 0 atom stereocenters. The second-order valence-corrected chi connectivity index (χ2v) is 5.92. The van der Waals surface area contributed by atoms with Gasteiger partial charge in [-0.15, -0.1) is 0 Å². The highest BCUT2D eigenvalue weighted by atomic mass is 16.2. The number of anilines is 2. The summed E-state index contributed by atoms with van der Waals surface area (Å²) in [5.74, 6) is 6.39. The molecule has 3 aromatic rings. The second-order valence-electron chi connectivity index (χ2n) is 5.92.